The predicted molar refractivity (Wildman–Crippen MR) is 67.0 cm³/mol. The maximum absolute atomic E-state index is 13.0. The number of methoxy groups -OCH3 is 1. The van der Waals surface area contributed by atoms with Crippen molar-refractivity contribution in [2.75, 3.05) is 18.2 Å². The summed E-state index contributed by atoms with van der Waals surface area (Å²) in [7, 11) is 1.54. The molecule has 3 nitrogen and oxygen atoms in total. The van der Waals surface area contributed by atoms with Crippen molar-refractivity contribution in [3.63, 3.8) is 0 Å². The van der Waals surface area contributed by atoms with Gasteiger partial charge in [-0.05, 0) is 24.3 Å². The number of halogens is 2. The van der Waals surface area contributed by atoms with E-state index in [1.54, 1.807) is 18.2 Å². The summed E-state index contributed by atoms with van der Waals surface area (Å²) in [6, 6.07) is 8.62. The van der Waals surface area contributed by atoms with Gasteiger partial charge >= 0.3 is 0 Å². The summed E-state index contributed by atoms with van der Waals surface area (Å²) in [5.74, 6) is -1.17. The lowest BCUT2D eigenvalue weighted by molar-refractivity contribution is 0.415. The summed E-state index contributed by atoms with van der Waals surface area (Å²) < 4.78 is 30.8. The summed E-state index contributed by atoms with van der Waals surface area (Å²) in [5, 5.41) is 2.90. The van der Waals surface area contributed by atoms with Gasteiger partial charge < -0.3 is 15.8 Å². The number of nitrogens with two attached hydrogens (primary N) is 1. The topological polar surface area (TPSA) is 47.3 Å². The molecular weight excluding hydrogens is 238 g/mol. The van der Waals surface area contributed by atoms with Gasteiger partial charge in [0.2, 0.25) is 0 Å². The Labute approximate surface area is 103 Å². The van der Waals surface area contributed by atoms with Crippen molar-refractivity contribution < 1.29 is 13.5 Å². The minimum atomic E-state index is -0.910. The molecule has 18 heavy (non-hydrogen) atoms. The van der Waals surface area contributed by atoms with E-state index in [1.807, 2.05) is 0 Å². The van der Waals surface area contributed by atoms with Gasteiger partial charge in [-0.1, -0.05) is 0 Å². The van der Waals surface area contributed by atoms with Crippen LogP contribution in [-0.4, -0.2) is 7.11 Å². The first-order valence-corrected chi connectivity index (χ1v) is 5.26. The van der Waals surface area contributed by atoms with Crippen LogP contribution in [0.15, 0.2) is 36.4 Å². The molecule has 94 valence electrons. The maximum Gasteiger partial charge on any atom is 0.160 e. The first-order chi connectivity index (χ1) is 8.60. The van der Waals surface area contributed by atoms with Crippen LogP contribution in [0, 0.1) is 11.6 Å². The molecule has 0 spiro atoms. The average Bonchev–Trinajstić information content (AvgIpc) is 2.36. The van der Waals surface area contributed by atoms with E-state index in [9.17, 15) is 8.78 Å². The van der Waals surface area contributed by atoms with Crippen molar-refractivity contribution in [1.29, 1.82) is 0 Å². The molecule has 0 aliphatic heterocycles. The molecular formula is C13H12F2N2O. The standard InChI is InChI=1S/C13H12F2N2O/c1-18-9-3-5-13(12(16)7-9)17-8-2-4-10(14)11(15)6-8/h2-7,17H,16H2,1H3. The minimum Gasteiger partial charge on any atom is -0.497 e. The molecule has 0 radical (unpaired) electrons. The van der Waals surface area contributed by atoms with Crippen molar-refractivity contribution in [2.24, 2.45) is 0 Å². The number of hydrogen-bond donors (Lipinski definition) is 2. The van der Waals surface area contributed by atoms with E-state index < -0.39 is 11.6 Å². The summed E-state index contributed by atoms with van der Waals surface area (Å²) >= 11 is 0. The Hall–Kier alpha value is -2.30. The van der Waals surface area contributed by atoms with Crippen molar-refractivity contribution in [2.45, 2.75) is 0 Å². The monoisotopic (exact) mass is 250 g/mol. The van der Waals surface area contributed by atoms with Gasteiger partial charge in [0, 0.05) is 17.8 Å². The Morgan fingerprint density at radius 3 is 2.44 bits per heavy atom. The first-order valence-electron chi connectivity index (χ1n) is 5.26. The molecule has 0 saturated carbocycles. The van der Waals surface area contributed by atoms with Gasteiger partial charge in [0.25, 0.3) is 0 Å². The third kappa shape index (κ3) is 2.51. The van der Waals surface area contributed by atoms with Gasteiger partial charge in [-0.15, -0.1) is 0 Å². The van der Waals surface area contributed by atoms with Crippen LogP contribution in [-0.2, 0) is 0 Å². The normalized spacial score (nSPS) is 10.2. The number of nitrogen functional groups attached to an aromatic ring is 1. The quantitative estimate of drug-likeness (QED) is 0.822. The van der Waals surface area contributed by atoms with E-state index in [4.69, 9.17) is 10.5 Å². The Balaban J connectivity index is 2.25. The molecule has 5 heteroatoms. The van der Waals surface area contributed by atoms with Crippen molar-refractivity contribution in [3.05, 3.63) is 48.0 Å². The van der Waals surface area contributed by atoms with Crippen LogP contribution < -0.4 is 15.8 Å². The summed E-state index contributed by atoms with van der Waals surface area (Å²) in [6.07, 6.45) is 0. The van der Waals surface area contributed by atoms with Crippen LogP contribution >= 0.6 is 0 Å². The Morgan fingerprint density at radius 2 is 1.83 bits per heavy atom. The Kier molecular flexibility index (Phi) is 3.32. The van der Waals surface area contributed by atoms with Crippen LogP contribution in [0.5, 0.6) is 5.75 Å². The van der Waals surface area contributed by atoms with Crippen LogP contribution in [0.1, 0.15) is 0 Å². The molecule has 0 fully saturated rings. The SMILES string of the molecule is COc1ccc(Nc2ccc(F)c(F)c2)c(N)c1. The van der Waals surface area contributed by atoms with E-state index >= 15 is 0 Å². The zero-order valence-corrected chi connectivity index (χ0v) is 9.71. The summed E-state index contributed by atoms with van der Waals surface area (Å²) in [4.78, 5) is 0. The van der Waals surface area contributed by atoms with Crippen LogP contribution in [0.2, 0.25) is 0 Å². The van der Waals surface area contributed by atoms with E-state index in [0.29, 0.717) is 22.8 Å². The smallest absolute Gasteiger partial charge is 0.160 e. The van der Waals surface area contributed by atoms with Crippen molar-refractivity contribution >= 4 is 17.1 Å². The number of nitrogens with one attached hydrogen (secondary N) is 1. The number of anilines is 3. The molecule has 2 rings (SSSR count). The second-order valence-corrected chi connectivity index (χ2v) is 3.71. The van der Waals surface area contributed by atoms with Gasteiger partial charge in [-0.25, -0.2) is 8.78 Å². The Morgan fingerprint density at radius 1 is 1.06 bits per heavy atom. The van der Waals surface area contributed by atoms with Crippen LogP contribution in [0.3, 0.4) is 0 Å². The fourth-order valence-corrected chi connectivity index (χ4v) is 1.51. The molecule has 0 unspecified atom stereocenters. The Bertz CT molecular complexity index is 573. The highest BCUT2D eigenvalue weighted by atomic mass is 19.2. The van der Waals surface area contributed by atoms with Crippen LogP contribution in [0.4, 0.5) is 25.8 Å². The minimum absolute atomic E-state index is 0.422. The molecule has 0 aromatic heterocycles. The molecule has 0 bridgehead atoms. The molecule has 0 saturated heterocycles. The molecule has 0 amide bonds. The van der Waals surface area contributed by atoms with Crippen LogP contribution in [0.25, 0.3) is 0 Å². The lowest BCUT2D eigenvalue weighted by Crippen LogP contribution is -1.98. The average molecular weight is 250 g/mol. The number of rotatable bonds is 3. The molecule has 2 aromatic rings. The lowest BCUT2D eigenvalue weighted by Gasteiger charge is -2.10. The van der Waals surface area contributed by atoms with Gasteiger partial charge in [0.1, 0.15) is 5.75 Å². The summed E-state index contributed by atoms with van der Waals surface area (Å²) in [5.41, 5.74) is 7.28. The predicted octanol–water partition coefficient (Wildman–Crippen LogP) is 3.30. The third-order valence-corrected chi connectivity index (χ3v) is 2.46. The highest BCUT2D eigenvalue weighted by molar-refractivity contribution is 5.73. The first kappa shape index (κ1) is 12.2. The van der Waals surface area contributed by atoms with E-state index in [2.05, 4.69) is 5.32 Å². The van der Waals surface area contributed by atoms with Gasteiger partial charge in [-0.2, -0.15) is 0 Å². The van der Waals surface area contributed by atoms with Gasteiger partial charge in [-0.3, -0.25) is 0 Å². The molecule has 2 aromatic carbocycles. The largest absolute Gasteiger partial charge is 0.497 e. The summed E-state index contributed by atoms with van der Waals surface area (Å²) in [6.45, 7) is 0. The van der Waals surface area contributed by atoms with E-state index in [1.165, 1.54) is 13.2 Å². The fourth-order valence-electron chi connectivity index (χ4n) is 1.51. The molecule has 0 atom stereocenters. The highest BCUT2D eigenvalue weighted by Crippen LogP contribution is 2.27. The number of ether oxygens (including phenoxy) is 1. The highest BCUT2D eigenvalue weighted by Gasteiger charge is 2.05. The maximum atomic E-state index is 13.0. The van der Waals surface area contributed by atoms with Gasteiger partial charge in [0.05, 0.1) is 18.5 Å². The third-order valence-electron chi connectivity index (χ3n) is 2.46. The zero-order valence-electron chi connectivity index (χ0n) is 9.71. The fraction of sp³-hybridized carbons (Fsp3) is 0.0769. The second kappa shape index (κ2) is 4.91. The second-order valence-electron chi connectivity index (χ2n) is 3.71. The van der Waals surface area contributed by atoms with Gasteiger partial charge in [0.15, 0.2) is 11.6 Å². The zero-order chi connectivity index (χ0) is 13.1. The number of hydrogen-bond acceptors (Lipinski definition) is 3. The van der Waals surface area contributed by atoms with Crippen molar-refractivity contribution in [3.8, 4) is 5.75 Å². The lowest BCUT2D eigenvalue weighted by atomic mass is 10.2. The molecule has 0 heterocycles. The molecule has 3 N–H and O–H groups in total. The van der Waals surface area contributed by atoms with E-state index in [0.717, 1.165) is 12.1 Å². The van der Waals surface area contributed by atoms with E-state index in [-0.39, 0.29) is 0 Å². The molecule has 0 aliphatic rings. The number of benzene rings is 2. The van der Waals surface area contributed by atoms with Crippen molar-refractivity contribution in [1.82, 2.24) is 0 Å². The molecule has 0 aliphatic carbocycles.